The number of carbonyl (C=O) groups is 2. The van der Waals surface area contributed by atoms with Gasteiger partial charge in [-0.3, -0.25) is 9.59 Å². The predicted octanol–water partition coefficient (Wildman–Crippen LogP) is 2.45. The second-order valence-electron chi connectivity index (χ2n) is 7.60. The lowest BCUT2D eigenvalue weighted by atomic mass is 10.2. The van der Waals surface area contributed by atoms with Gasteiger partial charge in [-0.25, -0.2) is 24.3 Å². The Hall–Kier alpha value is -3.60. The van der Waals surface area contributed by atoms with Crippen LogP contribution in [0.5, 0.6) is 0 Å². The van der Waals surface area contributed by atoms with Crippen LogP contribution in [0.1, 0.15) is 13.8 Å². The monoisotopic (exact) mass is 472 g/mol. The summed E-state index contributed by atoms with van der Waals surface area (Å²) in [6, 6.07) is 3.64. The summed E-state index contributed by atoms with van der Waals surface area (Å²) in [5.41, 5.74) is 1.44. The average molecular weight is 473 g/mol. The molecule has 0 radical (unpaired) electrons. The number of benzene rings is 1. The van der Waals surface area contributed by atoms with Crippen LogP contribution in [0.15, 0.2) is 30.7 Å². The summed E-state index contributed by atoms with van der Waals surface area (Å²) in [7, 11) is 0. The van der Waals surface area contributed by atoms with Gasteiger partial charge in [-0.1, -0.05) is 11.6 Å². The second-order valence-corrected chi connectivity index (χ2v) is 8.01. The summed E-state index contributed by atoms with van der Waals surface area (Å²) >= 11 is 5.86. The van der Waals surface area contributed by atoms with Gasteiger partial charge < -0.3 is 20.4 Å². The summed E-state index contributed by atoms with van der Waals surface area (Å²) in [6.07, 6.45) is 2.89. The number of nitrogens with zero attached hydrogens (tertiary/aromatic N) is 6. The molecule has 33 heavy (non-hydrogen) atoms. The smallest absolute Gasteiger partial charge is 0.244 e. The van der Waals surface area contributed by atoms with Crippen molar-refractivity contribution in [1.82, 2.24) is 29.7 Å². The van der Waals surface area contributed by atoms with Gasteiger partial charge in [0, 0.05) is 38.8 Å². The topological polar surface area (TPSA) is 116 Å². The molecule has 2 aromatic heterocycles. The Balaban J connectivity index is 1.49. The molecule has 4 rings (SSSR count). The zero-order chi connectivity index (χ0) is 23.5. The van der Waals surface area contributed by atoms with E-state index in [4.69, 9.17) is 11.6 Å². The number of hydrogen-bond donors (Lipinski definition) is 2. The third-order valence-electron chi connectivity index (χ3n) is 5.31. The summed E-state index contributed by atoms with van der Waals surface area (Å²) in [5, 5.41) is 6.06. The minimum Gasteiger partial charge on any atom is -0.343 e. The van der Waals surface area contributed by atoms with E-state index >= 15 is 0 Å². The fourth-order valence-corrected chi connectivity index (χ4v) is 3.68. The number of piperazine rings is 1. The molecular weight excluding hydrogens is 451 g/mol. The first-order valence-corrected chi connectivity index (χ1v) is 10.7. The molecule has 0 bridgehead atoms. The van der Waals surface area contributed by atoms with E-state index in [2.05, 4.69) is 30.6 Å². The number of hydrogen-bond acceptors (Lipinski definition) is 8. The number of carbonyl (C=O) groups excluding carboxylic acids is 2. The van der Waals surface area contributed by atoms with Crippen molar-refractivity contribution in [2.24, 2.45) is 0 Å². The largest absolute Gasteiger partial charge is 0.343 e. The van der Waals surface area contributed by atoms with Gasteiger partial charge in [0.2, 0.25) is 17.8 Å². The van der Waals surface area contributed by atoms with Crippen LogP contribution in [-0.4, -0.2) is 73.8 Å². The molecule has 1 unspecified atom stereocenters. The molecule has 1 aliphatic rings. The van der Waals surface area contributed by atoms with E-state index in [-0.39, 0.29) is 22.8 Å². The molecular formula is C21H22ClFN8O2. The summed E-state index contributed by atoms with van der Waals surface area (Å²) in [6.45, 7) is 5.24. The normalized spacial score (nSPS) is 14.8. The van der Waals surface area contributed by atoms with E-state index in [1.165, 1.54) is 37.6 Å². The molecule has 1 saturated heterocycles. The molecule has 2 N–H and O–H groups in total. The maximum Gasteiger partial charge on any atom is 0.244 e. The van der Waals surface area contributed by atoms with Gasteiger partial charge in [-0.15, -0.1) is 0 Å². The molecule has 1 fully saturated rings. The van der Waals surface area contributed by atoms with E-state index in [9.17, 15) is 14.0 Å². The zero-order valence-electron chi connectivity index (χ0n) is 18.0. The molecule has 0 saturated carbocycles. The lowest BCUT2D eigenvalue weighted by Crippen LogP contribution is -2.53. The minimum atomic E-state index is -0.580. The number of fused-ring (bicyclic) bond motifs is 1. The van der Waals surface area contributed by atoms with Crippen molar-refractivity contribution in [2.45, 2.75) is 19.9 Å². The fourth-order valence-electron chi connectivity index (χ4n) is 3.50. The molecule has 12 heteroatoms. The third-order valence-corrected chi connectivity index (χ3v) is 5.60. The van der Waals surface area contributed by atoms with Crippen molar-refractivity contribution >= 4 is 51.9 Å². The number of nitrogens with one attached hydrogen (secondary N) is 2. The van der Waals surface area contributed by atoms with Gasteiger partial charge in [-0.2, -0.15) is 0 Å². The van der Waals surface area contributed by atoms with Gasteiger partial charge in [0.05, 0.1) is 11.2 Å². The molecule has 1 aliphatic heterocycles. The first-order valence-electron chi connectivity index (χ1n) is 10.3. The Morgan fingerprint density at radius 2 is 1.85 bits per heavy atom. The molecule has 0 spiro atoms. The molecule has 172 valence electrons. The molecule has 10 nitrogen and oxygen atoms in total. The van der Waals surface area contributed by atoms with Crippen molar-refractivity contribution in [3.05, 3.63) is 41.6 Å². The van der Waals surface area contributed by atoms with E-state index in [1.54, 1.807) is 16.7 Å². The molecule has 2 amide bonds. The lowest BCUT2D eigenvalue weighted by molar-refractivity contribution is -0.138. The van der Waals surface area contributed by atoms with Crippen LogP contribution in [0.4, 0.5) is 21.8 Å². The van der Waals surface area contributed by atoms with Crippen LogP contribution in [-0.2, 0) is 9.59 Å². The quantitative estimate of drug-likeness (QED) is 0.581. The van der Waals surface area contributed by atoms with Gasteiger partial charge in [0.15, 0.2) is 5.82 Å². The second kappa shape index (κ2) is 9.49. The SMILES string of the molecule is CC(=O)N1CCN(C(=O)C(C)Nc2ncc3ncnc(Nc4ccc(F)c(Cl)c4)c3n2)CC1. The maximum absolute atomic E-state index is 13.5. The number of amides is 2. The van der Waals surface area contributed by atoms with Gasteiger partial charge in [-0.05, 0) is 25.1 Å². The van der Waals surface area contributed by atoms with Crippen LogP contribution < -0.4 is 10.6 Å². The zero-order valence-corrected chi connectivity index (χ0v) is 18.8. The van der Waals surface area contributed by atoms with E-state index < -0.39 is 11.9 Å². The molecule has 1 aromatic carbocycles. The molecule has 0 aliphatic carbocycles. The highest BCUT2D eigenvalue weighted by Gasteiger charge is 2.26. The van der Waals surface area contributed by atoms with Crippen molar-refractivity contribution < 1.29 is 14.0 Å². The average Bonchev–Trinajstić information content (AvgIpc) is 2.81. The highest BCUT2D eigenvalue weighted by Crippen LogP contribution is 2.25. The van der Waals surface area contributed by atoms with Crippen LogP contribution in [0.2, 0.25) is 5.02 Å². The van der Waals surface area contributed by atoms with Crippen LogP contribution >= 0.6 is 11.6 Å². The molecule has 1 atom stereocenters. The highest BCUT2D eigenvalue weighted by molar-refractivity contribution is 6.31. The molecule has 3 heterocycles. The van der Waals surface area contributed by atoms with Gasteiger partial charge in [0.1, 0.15) is 29.2 Å². The maximum atomic E-state index is 13.5. The third kappa shape index (κ3) is 5.08. The Labute approximate surface area is 194 Å². The fraction of sp³-hybridized carbons (Fsp3) is 0.333. The summed E-state index contributed by atoms with van der Waals surface area (Å²) in [5.74, 6) is -0.00371. The van der Waals surface area contributed by atoms with Crippen molar-refractivity contribution in [3.63, 3.8) is 0 Å². The van der Waals surface area contributed by atoms with E-state index in [0.717, 1.165) is 0 Å². The Bertz CT molecular complexity index is 1200. The Morgan fingerprint density at radius 3 is 2.55 bits per heavy atom. The van der Waals surface area contributed by atoms with Gasteiger partial charge >= 0.3 is 0 Å². The van der Waals surface area contributed by atoms with Crippen molar-refractivity contribution in [3.8, 4) is 0 Å². The predicted molar refractivity (Wildman–Crippen MR) is 122 cm³/mol. The summed E-state index contributed by atoms with van der Waals surface area (Å²) in [4.78, 5) is 44.9. The molecule has 3 aromatic rings. The van der Waals surface area contributed by atoms with Crippen LogP contribution in [0, 0.1) is 5.82 Å². The summed E-state index contributed by atoms with van der Waals surface area (Å²) < 4.78 is 13.5. The van der Waals surface area contributed by atoms with Crippen LogP contribution in [0.25, 0.3) is 11.0 Å². The van der Waals surface area contributed by atoms with Gasteiger partial charge in [0.25, 0.3) is 0 Å². The lowest BCUT2D eigenvalue weighted by Gasteiger charge is -2.35. The number of halogens is 2. The van der Waals surface area contributed by atoms with E-state index in [0.29, 0.717) is 48.7 Å². The number of rotatable bonds is 5. The van der Waals surface area contributed by atoms with Crippen LogP contribution in [0.3, 0.4) is 0 Å². The Kier molecular flexibility index (Phi) is 6.50. The minimum absolute atomic E-state index is 0.00683. The first kappa shape index (κ1) is 22.6. The first-order chi connectivity index (χ1) is 15.8. The highest BCUT2D eigenvalue weighted by atomic mass is 35.5. The van der Waals surface area contributed by atoms with Crippen molar-refractivity contribution in [2.75, 3.05) is 36.8 Å². The van der Waals surface area contributed by atoms with E-state index in [1.807, 2.05) is 0 Å². The van der Waals surface area contributed by atoms with Crippen molar-refractivity contribution in [1.29, 1.82) is 0 Å². The number of aromatic nitrogens is 4. The number of anilines is 3. The standard InChI is InChI=1S/C21H22ClFN8O2/c1-12(20(33)31-7-5-30(6-8-31)13(2)32)27-21-24-10-17-18(29-21)19(26-11-25-17)28-14-3-4-16(23)15(22)9-14/h3-4,9-12H,5-8H2,1-2H3,(H,24,27,29)(H,25,26,28). The Morgan fingerprint density at radius 1 is 1.12 bits per heavy atom.